The summed E-state index contributed by atoms with van der Waals surface area (Å²) in [7, 11) is -3.68. The van der Waals surface area contributed by atoms with Crippen molar-refractivity contribution in [3.8, 4) is 10.6 Å². The van der Waals surface area contributed by atoms with E-state index in [-0.39, 0.29) is 11.4 Å². The maximum absolute atomic E-state index is 12.9. The van der Waals surface area contributed by atoms with Gasteiger partial charge < -0.3 is 0 Å². The maximum atomic E-state index is 12.9. The van der Waals surface area contributed by atoms with Crippen LogP contribution in [0.15, 0.2) is 64.9 Å². The highest BCUT2D eigenvalue weighted by Gasteiger charge is 2.14. The molecule has 7 heteroatoms. The van der Waals surface area contributed by atoms with Crippen LogP contribution in [0.2, 0.25) is 0 Å². The Hall–Kier alpha value is -2.09. The summed E-state index contributed by atoms with van der Waals surface area (Å²) in [6.45, 7) is 0.0864. The van der Waals surface area contributed by atoms with E-state index in [4.69, 9.17) is 0 Å². The average molecular weight is 348 g/mol. The molecule has 0 bridgehead atoms. The normalized spacial score (nSPS) is 11.5. The van der Waals surface area contributed by atoms with Crippen LogP contribution < -0.4 is 4.72 Å². The third kappa shape index (κ3) is 3.82. The van der Waals surface area contributed by atoms with E-state index in [0.29, 0.717) is 5.69 Å². The SMILES string of the molecule is O=S(=O)(NCc1csc(-c2ccccc2)n1)c1ccc(F)cc1. The zero-order valence-electron chi connectivity index (χ0n) is 11.9. The number of benzene rings is 2. The van der Waals surface area contributed by atoms with Gasteiger partial charge in [-0.25, -0.2) is 22.5 Å². The van der Waals surface area contributed by atoms with Crippen LogP contribution in [0, 0.1) is 5.82 Å². The molecule has 3 aromatic rings. The first-order valence-corrected chi connectivity index (χ1v) is 9.16. The lowest BCUT2D eigenvalue weighted by atomic mass is 10.2. The molecule has 3 rings (SSSR count). The minimum atomic E-state index is -3.68. The highest BCUT2D eigenvalue weighted by molar-refractivity contribution is 7.89. The summed E-state index contributed by atoms with van der Waals surface area (Å²) in [5.74, 6) is -0.476. The van der Waals surface area contributed by atoms with Gasteiger partial charge in [-0.3, -0.25) is 0 Å². The minimum Gasteiger partial charge on any atom is -0.240 e. The van der Waals surface area contributed by atoms with Crippen molar-refractivity contribution in [1.29, 1.82) is 0 Å². The third-order valence-electron chi connectivity index (χ3n) is 3.14. The summed E-state index contributed by atoms with van der Waals surface area (Å²) in [6.07, 6.45) is 0. The van der Waals surface area contributed by atoms with Crippen LogP contribution in [0.4, 0.5) is 4.39 Å². The Morgan fingerprint density at radius 3 is 2.43 bits per heavy atom. The lowest BCUT2D eigenvalue weighted by Crippen LogP contribution is -2.23. The van der Waals surface area contributed by atoms with Crippen molar-refractivity contribution in [3.63, 3.8) is 0 Å². The van der Waals surface area contributed by atoms with Crippen molar-refractivity contribution in [2.75, 3.05) is 0 Å². The van der Waals surface area contributed by atoms with Gasteiger partial charge in [0.1, 0.15) is 10.8 Å². The van der Waals surface area contributed by atoms with Crippen LogP contribution in [0.25, 0.3) is 10.6 Å². The van der Waals surface area contributed by atoms with E-state index < -0.39 is 15.8 Å². The largest absolute Gasteiger partial charge is 0.240 e. The smallest absolute Gasteiger partial charge is 0.240 e. The topological polar surface area (TPSA) is 59.1 Å². The van der Waals surface area contributed by atoms with Crippen molar-refractivity contribution >= 4 is 21.4 Å². The van der Waals surface area contributed by atoms with Crippen LogP contribution >= 0.6 is 11.3 Å². The number of nitrogens with one attached hydrogen (secondary N) is 1. The van der Waals surface area contributed by atoms with Crippen LogP contribution in [0.5, 0.6) is 0 Å². The monoisotopic (exact) mass is 348 g/mol. The summed E-state index contributed by atoms with van der Waals surface area (Å²) < 4.78 is 39.6. The van der Waals surface area contributed by atoms with Crippen LogP contribution in [-0.4, -0.2) is 13.4 Å². The molecule has 4 nitrogen and oxygen atoms in total. The molecule has 0 aliphatic heterocycles. The molecule has 1 aromatic heterocycles. The van der Waals surface area contributed by atoms with E-state index in [1.165, 1.54) is 23.5 Å². The third-order valence-corrected chi connectivity index (χ3v) is 5.50. The van der Waals surface area contributed by atoms with Gasteiger partial charge in [0, 0.05) is 10.9 Å². The number of sulfonamides is 1. The summed E-state index contributed by atoms with van der Waals surface area (Å²) in [4.78, 5) is 4.45. The van der Waals surface area contributed by atoms with E-state index in [1.807, 2.05) is 35.7 Å². The summed E-state index contributed by atoms with van der Waals surface area (Å²) in [6, 6.07) is 14.4. The number of rotatable bonds is 5. The number of hydrogen-bond donors (Lipinski definition) is 1. The van der Waals surface area contributed by atoms with Gasteiger partial charge >= 0.3 is 0 Å². The predicted octanol–water partition coefficient (Wildman–Crippen LogP) is 3.43. The lowest BCUT2D eigenvalue weighted by molar-refractivity contribution is 0.579. The van der Waals surface area contributed by atoms with Crippen molar-refractivity contribution in [1.82, 2.24) is 9.71 Å². The highest BCUT2D eigenvalue weighted by Crippen LogP contribution is 2.23. The molecular weight excluding hydrogens is 335 g/mol. The Morgan fingerprint density at radius 2 is 1.74 bits per heavy atom. The van der Waals surface area contributed by atoms with Gasteiger partial charge in [0.2, 0.25) is 10.0 Å². The number of aromatic nitrogens is 1. The van der Waals surface area contributed by atoms with E-state index in [1.54, 1.807) is 0 Å². The molecule has 2 aromatic carbocycles. The molecule has 0 radical (unpaired) electrons. The second-order valence-electron chi connectivity index (χ2n) is 4.79. The molecule has 0 unspecified atom stereocenters. The predicted molar refractivity (Wildman–Crippen MR) is 88.0 cm³/mol. The number of thiazole rings is 1. The Labute approximate surface area is 137 Å². The lowest BCUT2D eigenvalue weighted by Gasteiger charge is -2.05. The van der Waals surface area contributed by atoms with E-state index in [9.17, 15) is 12.8 Å². The van der Waals surface area contributed by atoms with Crippen molar-refractivity contribution in [2.45, 2.75) is 11.4 Å². The van der Waals surface area contributed by atoms with Gasteiger partial charge in [0.05, 0.1) is 17.1 Å². The molecule has 0 saturated heterocycles. The Bertz CT molecular complexity index is 891. The maximum Gasteiger partial charge on any atom is 0.240 e. The quantitative estimate of drug-likeness (QED) is 0.768. The van der Waals surface area contributed by atoms with Gasteiger partial charge in [0.25, 0.3) is 0 Å². The zero-order valence-corrected chi connectivity index (χ0v) is 13.6. The summed E-state index contributed by atoms with van der Waals surface area (Å²) in [5.41, 5.74) is 1.63. The van der Waals surface area contributed by atoms with Gasteiger partial charge in [-0.15, -0.1) is 11.3 Å². The van der Waals surface area contributed by atoms with Gasteiger partial charge in [-0.1, -0.05) is 30.3 Å². The number of nitrogens with zero attached hydrogens (tertiary/aromatic N) is 1. The van der Waals surface area contributed by atoms with E-state index in [0.717, 1.165) is 22.7 Å². The molecule has 0 spiro atoms. The molecule has 118 valence electrons. The fraction of sp³-hybridized carbons (Fsp3) is 0.0625. The van der Waals surface area contributed by atoms with Crippen molar-refractivity contribution in [2.24, 2.45) is 0 Å². The standard InChI is InChI=1S/C16H13FN2O2S2/c17-13-6-8-15(9-7-13)23(20,21)18-10-14-11-22-16(19-14)12-4-2-1-3-5-12/h1-9,11,18H,10H2. The first-order chi connectivity index (χ1) is 11.0. The molecule has 0 aliphatic carbocycles. The Kier molecular flexibility index (Phi) is 4.51. The fourth-order valence-electron chi connectivity index (χ4n) is 1.97. The molecule has 1 N–H and O–H groups in total. The number of hydrogen-bond acceptors (Lipinski definition) is 4. The van der Waals surface area contributed by atoms with Crippen molar-refractivity contribution < 1.29 is 12.8 Å². The first kappa shape index (κ1) is 15.8. The molecule has 23 heavy (non-hydrogen) atoms. The van der Waals surface area contributed by atoms with Crippen LogP contribution in [0.3, 0.4) is 0 Å². The first-order valence-electron chi connectivity index (χ1n) is 6.80. The molecular formula is C16H13FN2O2S2. The second kappa shape index (κ2) is 6.57. The molecule has 0 saturated carbocycles. The van der Waals surface area contributed by atoms with Crippen LogP contribution in [0.1, 0.15) is 5.69 Å². The zero-order chi connectivity index (χ0) is 16.3. The molecule has 0 atom stereocenters. The number of halogens is 1. The van der Waals surface area contributed by atoms with Crippen molar-refractivity contribution in [3.05, 3.63) is 71.5 Å². The Morgan fingerprint density at radius 1 is 1.04 bits per heavy atom. The molecule has 1 heterocycles. The highest BCUT2D eigenvalue weighted by atomic mass is 32.2. The molecule has 0 amide bonds. The summed E-state index contributed by atoms with van der Waals surface area (Å²) >= 11 is 1.46. The second-order valence-corrected chi connectivity index (χ2v) is 7.41. The van der Waals surface area contributed by atoms with E-state index in [2.05, 4.69) is 9.71 Å². The Balaban J connectivity index is 1.71. The van der Waals surface area contributed by atoms with Crippen LogP contribution in [-0.2, 0) is 16.6 Å². The van der Waals surface area contributed by atoms with Gasteiger partial charge in [0.15, 0.2) is 0 Å². The van der Waals surface area contributed by atoms with E-state index >= 15 is 0 Å². The van der Waals surface area contributed by atoms with Gasteiger partial charge in [-0.05, 0) is 24.3 Å². The van der Waals surface area contributed by atoms with Gasteiger partial charge in [-0.2, -0.15) is 0 Å². The minimum absolute atomic E-state index is 0.0254. The fourth-order valence-corrected chi connectivity index (χ4v) is 3.79. The summed E-state index contributed by atoms with van der Waals surface area (Å²) in [5, 5.41) is 2.65. The molecule has 0 fully saturated rings. The molecule has 0 aliphatic rings. The average Bonchev–Trinajstić information content (AvgIpc) is 3.03.